The number of piperidine rings is 1. The first-order valence-corrected chi connectivity index (χ1v) is 11.7. The van der Waals surface area contributed by atoms with Crippen molar-refractivity contribution in [2.75, 3.05) is 26.2 Å². The highest BCUT2D eigenvalue weighted by Gasteiger charge is 2.35. The number of carboxylic acid groups (broad SMARTS) is 1. The maximum atomic E-state index is 12.5. The van der Waals surface area contributed by atoms with Gasteiger partial charge >= 0.3 is 12.1 Å². The zero-order valence-electron chi connectivity index (χ0n) is 19.5. The largest absolute Gasteiger partial charge is 0.481 e. The number of fused-ring (bicyclic) bond motifs is 3. The maximum absolute atomic E-state index is 12.5. The van der Waals surface area contributed by atoms with E-state index in [-0.39, 0.29) is 31.5 Å². The molecule has 9 nitrogen and oxygen atoms in total. The topological polar surface area (TPSA) is 125 Å². The fourth-order valence-corrected chi connectivity index (χ4v) is 4.97. The molecule has 4 rings (SSSR count). The number of carbonyl (C=O) groups excluding carboxylic acids is 3. The van der Waals surface area contributed by atoms with Crippen molar-refractivity contribution < 1.29 is 29.0 Å². The van der Waals surface area contributed by atoms with Crippen LogP contribution in [-0.2, 0) is 19.1 Å². The second-order valence-electron chi connectivity index (χ2n) is 8.87. The first kappa shape index (κ1) is 24.3. The smallest absolute Gasteiger partial charge is 0.407 e. The van der Waals surface area contributed by atoms with Crippen LogP contribution in [0.4, 0.5) is 4.79 Å². The van der Waals surface area contributed by atoms with Crippen molar-refractivity contribution in [3.8, 4) is 11.1 Å². The maximum Gasteiger partial charge on any atom is 0.407 e. The average molecular weight is 480 g/mol. The summed E-state index contributed by atoms with van der Waals surface area (Å²) in [4.78, 5) is 49.7. The highest BCUT2D eigenvalue weighted by molar-refractivity contribution is 5.87. The molecule has 1 aliphatic heterocycles. The van der Waals surface area contributed by atoms with Gasteiger partial charge in [0.25, 0.3) is 0 Å². The fourth-order valence-electron chi connectivity index (χ4n) is 4.97. The molecular weight excluding hydrogens is 450 g/mol. The molecule has 1 fully saturated rings. The number of ether oxygens (including phenoxy) is 1. The molecule has 1 heterocycles. The molecule has 9 heteroatoms. The van der Waals surface area contributed by atoms with Crippen LogP contribution in [-0.4, -0.2) is 66.2 Å². The second kappa shape index (κ2) is 10.6. The van der Waals surface area contributed by atoms with Crippen molar-refractivity contribution in [1.29, 1.82) is 0 Å². The number of carboxylic acids is 1. The summed E-state index contributed by atoms with van der Waals surface area (Å²) in [6.07, 6.45) is 0.406. The lowest BCUT2D eigenvalue weighted by atomic mass is 9.90. The predicted octanol–water partition coefficient (Wildman–Crippen LogP) is 2.35. The van der Waals surface area contributed by atoms with Crippen LogP contribution in [0.3, 0.4) is 0 Å². The van der Waals surface area contributed by atoms with Gasteiger partial charge in [-0.2, -0.15) is 0 Å². The molecule has 2 aliphatic rings. The lowest BCUT2D eigenvalue weighted by Gasteiger charge is -2.37. The number of hydrogen-bond acceptors (Lipinski definition) is 5. The quantitative estimate of drug-likeness (QED) is 0.560. The summed E-state index contributed by atoms with van der Waals surface area (Å²) in [7, 11) is 0. The first-order chi connectivity index (χ1) is 16.9. The van der Waals surface area contributed by atoms with Gasteiger partial charge in [-0.1, -0.05) is 48.5 Å². The van der Waals surface area contributed by atoms with Gasteiger partial charge in [-0.25, -0.2) is 4.79 Å². The van der Waals surface area contributed by atoms with E-state index in [2.05, 4.69) is 10.6 Å². The number of nitrogens with zero attached hydrogens (tertiary/aromatic N) is 1. The van der Waals surface area contributed by atoms with Gasteiger partial charge in [-0.3, -0.25) is 14.4 Å². The van der Waals surface area contributed by atoms with E-state index in [1.54, 1.807) is 6.92 Å². The molecular formula is C26H29N3O6. The summed E-state index contributed by atoms with van der Waals surface area (Å²) in [6, 6.07) is 15.6. The molecule has 184 valence electrons. The normalized spacial score (nSPS) is 18.8. The molecule has 1 saturated heterocycles. The molecule has 0 spiro atoms. The molecule has 1 aliphatic carbocycles. The van der Waals surface area contributed by atoms with E-state index in [0.717, 1.165) is 22.3 Å². The number of alkyl carbamates (subject to hydrolysis) is 1. The Morgan fingerprint density at radius 2 is 1.60 bits per heavy atom. The molecule has 35 heavy (non-hydrogen) atoms. The predicted molar refractivity (Wildman–Crippen MR) is 128 cm³/mol. The van der Waals surface area contributed by atoms with Gasteiger partial charge < -0.3 is 25.4 Å². The standard InChI is InChI=1S/C26H29N3O6/c1-16-17(25(32)33)11-6-12-29(16)24(31)14-27-23(30)13-28-26(34)35-15-22-20-9-4-2-7-18(20)19-8-3-5-10-21(19)22/h2-5,7-10,16-17,22H,6,11-15H2,1H3,(H,27,30)(H,28,34)(H,32,33). The minimum Gasteiger partial charge on any atom is -0.481 e. The molecule has 2 unspecified atom stereocenters. The zero-order chi connectivity index (χ0) is 24.9. The molecule has 2 atom stereocenters. The summed E-state index contributed by atoms with van der Waals surface area (Å²) in [6.45, 7) is 1.70. The monoisotopic (exact) mass is 479 g/mol. The number of rotatable bonds is 7. The van der Waals surface area contributed by atoms with E-state index in [1.165, 1.54) is 4.90 Å². The lowest BCUT2D eigenvalue weighted by molar-refractivity contribution is -0.149. The number of hydrogen-bond donors (Lipinski definition) is 3. The van der Waals surface area contributed by atoms with Crippen LogP contribution in [0, 0.1) is 5.92 Å². The van der Waals surface area contributed by atoms with Gasteiger partial charge in [0.05, 0.1) is 12.5 Å². The van der Waals surface area contributed by atoms with Crippen LogP contribution >= 0.6 is 0 Å². The van der Waals surface area contributed by atoms with Crippen LogP contribution < -0.4 is 10.6 Å². The van der Waals surface area contributed by atoms with Gasteiger partial charge in [0.1, 0.15) is 13.2 Å². The fraction of sp³-hybridized carbons (Fsp3) is 0.385. The van der Waals surface area contributed by atoms with Crippen molar-refractivity contribution in [2.45, 2.75) is 31.7 Å². The minimum absolute atomic E-state index is 0.0826. The Labute approximate surface area is 203 Å². The van der Waals surface area contributed by atoms with Crippen molar-refractivity contribution in [3.05, 3.63) is 59.7 Å². The first-order valence-electron chi connectivity index (χ1n) is 11.7. The molecule has 0 aromatic heterocycles. The van der Waals surface area contributed by atoms with Gasteiger partial charge in [-0.15, -0.1) is 0 Å². The Balaban J connectivity index is 1.22. The van der Waals surface area contributed by atoms with Crippen molar-refractivity contribution >= 4 is 23.9 Å². The zero-order valence-corrected chi connectivity index (χ0v) is 19.5. The molecule has 2 aromatic carbocycles. The number of carbonyl (C=O) groups is 4. The highest BCUT2D eigenvalue weighted by atomic mass is 16.5. The van der Waals surface area contributed by atoms with E-state index < -0.39 is 29.9 Å². The summed E-state index contributed by atoms with van der Waals surface area (Å²) < 4.78 is 5.40. The third kappa shape index (κ3) is 5.29. The average Bonchev–Trinajstić information content (AvgIpc) is 3.18. The summed E-state index contributed by atoms with van der Waals surface area (Å²) in [5.41, 5.74) is 4.43. The Kier molecular flexibility index (Phi) is 7.33. The Morgan fingerprint density at radius 3 is 2.23 bits per heavy atom. The number of amides is 3. The molecule has 2 aromatic rings. The molecule has 0 bridgehead atoms. The van der Waals surface area contributed by atoms with Crippen LogP contribution in [0.15, 0.2) is 48.5 Å². The van der Waals surface area contributed by atoms with E-state index in [0.29, 0.717) is 19.4 Å². The van der Waals surface area contributed by atoms with Gasteiger partial charge in [0.2, 0.25) is 11.8 Å². The van der Waals surface area contributed by atoms with Crippen molar-refractivity contribution in [3.63, 3.8) is 0 Å². The van der Waals surface area contributed by atoms with Crippen LogP contribution in [0.25, 0.3) is 11.1 Å². The Hall–Kier alpha value is -3.88. The van der Waals surface area contributed by atoms with E-state index in [9.17, 15) is 24.3 Å². The van der Waals surface area contributed by atoms with E-state index in [1.807, 2.05) is 48.5 Å². The Bertz CT molecular complexity index is 1090. The highest BCUT2D eigenvalue weighted by Crippen LogP contribution is 2.44. The molecule has 0 radical (unpaired) electrons. The van der Waals surface area contributed by atoms with Crippen molar-refractivity contribution in [2.24, 2.45) is 5.92 Å². The third-order valence-electron chi connectivity index (χ3n) is 6.80. The minimum atomic E-state index is -0.925. The summed E-state index contributed by atoms with van der Waals surface area (Å²) in [5.74, 6) is -2.50. The van der Waals surface area contributed by atoms with Gasteiger partial charge in [0.15, 0.2) is 0 Å². The number of likely N-dealkylation sites (tertiary alicyclic amines) is 1. The van der Waals surface area contributed by atoms with Crippen molar-refractivity contribution in [1.82, 2.24) is 15.5 Å². The van der Waals surface area contributed by atoms with Crippen LogP contribution in [0.5, 0.6) is 0 Å². The van der Waals surface area contributed by atoms with Gasteiger partial charge in [-0.05, 0) is 42.0 Å². The van der Waals surface area contributed by atoms with E-state index in [4.69, 9.17) is 4.74 Å². The summed E-state index contributed by atoms with van der Waals surface area (Å²) >= 11 is 0. The van der Waals surface area contributed by atoms with Gasteiger partial charge in [0, 0.05) is 18.5 Å². The SMILES string of the molecule is CC1C(C(=O)O)CCCN1C(=O)CNC(=O)CNC(=O)OCC1c2ccccc2-c2ccccc21. The van der Waals surface area contributed by atoms with Crippen LogP contribution in [0.1, 0.15) is 36.8 Å². The van der Waals surface area contributed by atoms with Crippen LogP contribution in [0.2, 0.25) is 0 Å². The molecule has 3 N–H and O–H groups in total. The number of benzene rings is 2. The summed E-state index contributed by atoms with van der Waals surface area (Å²) in [5, 5.41) is 14.2. The van der Waals surface area contributed by atoms with E-state index >= 15 is 0 Å². The molecule has 3 amide bonds. The molecule has 0 saturated carbocycles. The number of aliphatic carboxylic acids is 1. The second-order valence-corrected chi connectivity index (χ2v) is 8.87. The lowest BCUT2D eigenvalue weighted by Crippen LogP contribution is -2.52. The third-order valence-corrected chi connectivity index (χ3v) is 6.80. The Morgan fingerprint density at radius 1 is 0.971 bits per heavy atom. The number of nitrogens with one attached hydrogen (secondary N) is 2.